The van der Waals surface area contributed by atoms with Crippen molar-refractivity contribution in [3.8, 4) is 10.9 Å². The predicted molar refractivity (Wildman–Crippen MR) is 62.4 cm³/mol. The van der Waals surface area contributed by atoms with Crippen LogP contribution in [-0.2, 0) is 4.74 Å². The fourth-order valence-electron chi connectivity index (χ4n) is 1.18. The first kappa shape index (κ1) is 11.5. The highest BCUT2D eigenvalue weighted by molar-refractivity contribution is 7.11. The molecule has 0 atom stereocenters. The molecule has 0 spiro atoms. The molecule has 0 aliphatic heterocycles. The summed E-state index contributed by atoms with van der Waals surface area (Å²) >= 11 is 1.30. The predicted octanol–water partition coefficient (Wildman–Crippen LogP) is 2.51. The van der Waals surface area contributed by atoms with Crippen LogP contribution < -0.4 is 4.74 Å². The lowest BCUT2D eigenvalue weighted by atomic mass is 10.2. The van der Waals surface area contributed by atoms with Gasteiger partial charge in [0.1, 0.15) is 11.3 Å². The van der Waals surface area contributed by atoms with Crippen LogP contribution in [0.5, 0.6) is 10.9 Å². The Bertz CT molecular complexity index is 482. The van der Waals surface area contributed by atoms with Gasteiger partial charge in [0.25, 0.3) is 5.19 Å². The second-order valence-electron chi connectivity index (χ2n) is 3.05. The van der Waals surface area contributed by atoms with Gasteiger partial charge in [-0.15, -0.1) is 5.10 Å². The maximum absolute atomic E-state index is 11.4. The number of aromatic nitrogens is 2. The van der Waals surface area contributed by atoms with Crippen molar-refractivity contribution in [3.63, 3.8) is 0 Å². The normalized spacial score (nSPS) is 9.94. The summed E-state index contributed by atoms with van der Waals surface area (Å²) < 4.78 is 10.3. The van der Waals surface area contributed by atoms with Gasteiger partial charge in [-0.2, -0.15) is 0 Å². The van der Waals surface area contributed by atoms with Crippen LogP contribution in [0.2, 0.25) is 0 Å². The zero-order valence-corrected chi connectivity index (χ0v) is 9.94. The van der Waals surface area contributed by atoms with Crippen molar-refractivity contribution in [1.82, 2.24) is 10.2 Å². The van der Waals surface area contributed by atoms with E-state index in [1.807, 2.05) is 0 Å². The number of esters is 1. The van der Waals surface area contributed by atoms with Crippen molar-refractivity contribution in [3.05, 3.63) is 35.3 Å². The van der Waals surface area contributed by atoms with Crippen molar-refractivity contribution in [1.29, 1.82) is 0 Å². The molecule has 0 saturated carbocycles. The van der Waals surface area contributed by atoms with Crippen molar-refractivity contribution >= 4 is 17.3 Å². The van der Waals surface area contributed by atoms with Crippen LogP contribution in [0.4, 0.5) is 0 Å². The fourth-order valence-corrected chi connectivity index (χ4v) is 1.60. The van der Waals surface area contributed by atoms with Crippen molar-refractivity contribution in [2.45, 2.75) is 6.92 Å². The van der Waals surface area contributed by atoms with E-state index in [0.29, 0.717) is 23.1 Å². The molecule has 0 bridgehead atoms. The highest BCUT2D eigenvalue weighted by atomic mass is 32.1. The summed E-state index contributed by atoms with van der Waals surface area (Å²) in [6.07, 6.45) is 0. The molecule has 88 valence electrons. The number of hydrogen-bond acceptors (Lipinski definition) is 6. The minimum Gasteiger partial charge on any atom is -0.462 e. The van der Waals surface area contributed by atoms with E-state index in [2.05, 4.69) is 10.2 Å². The Hall–Kier alpha value is -1.95. The largest absolute Gasteiger partial charge is 0.462 e. The minimum absolute atomic E-state index is 0.338. The van der Waals surface area contributed by atoms with Gasteiger partial charge in [0.2, 0.25) is 0 Å². The zero-order valence-electron chi connectivity index (χ0n) is 9.12. The molecule has 17 heavy (non-hydrogen) atoms. The van der Waals surface area contributed by atoms with Crippen molar-refractivity contribution < 1.29 is 14.3 Å². The van der Waals surface area contributed by atoms with E-state index < -0.39 is 0 Å². The molecular weight excluding hydrogens is 240 g/mol. The second-order valence-corrected chi connectivity index (χ2v) is 3.85. The van der Waals surface area contributed by atoms with Gasteiger partial charge in [-0.1, -0.05) is 16.4 Å². The van der Waals surface area contributed by atoms with Gasteiger partial charge < -0.3 is 9.47 Å². The summed E-state index contributed by atoms with van der Waals surface area (Å²) in [7, 11) is 0. The van der Waals surface area contributed by atoms with Crippen molar-refractivity contribution in [2.24, 2.45) is 0 Å². The van der Waals surface area contributed by atoms with Gasteiger partial charge >= 0.3 is 5.97 Å². The Morgan fingerprint density at radius 3 is 2.71 bits per heavy atom. The molecule has 1 aromatic heterocycles. The average molecular weight is 250 g/mol. The third-order valence-corrected chi connectivity index (χ3v) is 2.48. The Labute approximate surface area is 102 Å². The van der Waals surface area contributed by atoms with Crippen LogP contribution in [0.3, 0.4) is 0 Å². The summed E-state index contributed by atoms with van der Waals surface area (Å²) in [5.74, 6) is 0.268. The van der Waals surface area contributed by atoms with E-state index in [0.717, 1.165) is 0 Å². The zero-order chi connectivity index (χ0) is 12.1. The number of carbonyl (C=O) groups excluding carboxylic acids is 1. The van der Waals surface area contributed by atoms with Crippen LogP contribution in [-0.4, -0.2) is 22.8 Å². The number of hydrogen-bond donors (Lipinski definition) is 0. The molecule has 0 unspecified atom stereocenters. The van der Waals surface area contributed by atoms with Gasteiger partial charge in [0, 0.05) is 0 Å². The molecule has 0 saturated heterocycles. The lowest BCUT2D eigenvalue weighted by Crippen LogP contribution is -2.03. The molecule has 2 aromatic rings. The Morgan fingerprint density at radius 2 is 2.12 bits per heavy atom. The summed E-state index contributed by atoms with van der Waals surface area (Å²) in [6, 6.07) is 6.67. The lowest BCUT2D eigenvalue weighted by molar-refractivity contribution is 0.0526. The molecule has 1 aromatic carbocycles. The third kappa shape index (κ3) is 3.01. The molecule has 2 rings (SSSR count). The molecule has 0 radical (unpaired) electrons. The Morgan fingerprint density at radius 1 is 1.35 bits per heavy atom. The molecule has 0 aliphatic rings. The average Bonchev–Trinajstić information content (AvgIpc) is 2.83. The highest BCUT2D eigenvalue weighted by Gasteiger charge is 2.06. The molecular formula is C11H10N2O3S. The number of benzene rings is 1. The van der Waals surface area contributed by atoms with E-state index in [1.54, 1.807) is 36.7 Å². The molecule has 1 heterocycles. The lowest BCUT2D eigenvalue weighted by Gasteiger charge is -2.03. The topological polar surface area (TPSA) is 61.3 Å². The Kier molecular flexibility index (Phi) is 3.66. The third-order valence-electron chi connectivity index (χ3n) is 1.91. The smallest absolute Gasteiger partial charge is 0.338 e. The second kappa shape index (κ2) is 5.40. The Balaban J connectivity index is 2.05. The van der Waals surface area contributed by atoms with Crippen LogP contribution in [0, 0.1) is 0 Å². The van der Waals surface area contributed by atoms with Crippen LogP contribution in [0.15, 0.2) is 29.8 Å². The first-order valence-corrected chi connectivity index (χ1v) is 5.88. The highest BCUT2D eigenvalue weighted by Crippen LogP contribution is 2.22. The summed E-state index contributed by atoms with van der Waals surface area (Å²) in [6.45, 7) is 2.13. The standard InChI is InChI=1S/C11H10N2O3S/c1-2-15-10(14)8-3-5-9(6-4-8)16-11-13-12-7-17-11/h3-7H,2H2,1H3. The molecule has 0 aliphatic carbocycles. The molecule has 6 heteroatoms. The number of carbonyl (C=O) groups is 1. The number of ether oxygens (including phenoxy) is 2. The number of rotatable bonds is 4. The van der Waals surface area contributed by atoms with E-state index >= 15 is 0 Å². The summed E-state index contributed by atoms with van der Waals surface area (Å²) in [5.41, 5.74) is 2.08. The number of nitrogens with zero attached hydrogens (tertiary/aromatic N) is 2. The van der Waals surface area contributed by atoms with E-state index in [1.165, 1.54) is 11.3 Å². The molecule has 0 amide bonds. The van der Waals surface area contributed by atoms with Crippen LogP contribution in [0.1, 0.15) is 17.3 Å². The van der Waals surface area contributed by atoms with Gasteiger partial charge in [0.05, 0.1) is 12.2 Å². The minimum atomic E-state index is -0.338. The summed E-state index contributed by atoms with van der Waals surface area (Å²) in [4.78, 5) is 11.4. The first-order valence-electron chi connectivity index (χ1n) is 5.01. The quantitative estimate of drug-likeness (QED) is 0.780. The molecule has 0 N–H and O–H groups in total. The van der Waals surface area contributed by atoms with Gasteiger partial charge in [0.15, 0.2) is 0 Å². The van der Waals surface area contributed by atoms with Crippen molar-refractivity contribution in [2.75, 3.05) is 6.61 Å². The van der Waals surface area contributed by atoms with Gasteiger partial charge in [-0.05, 0) is 31.2 Å². The fraction of sp³-hybridized carbons (Fsp3) is 0.182. The maximum atomic E-state index is 11.4. The first-order chi connectivity index (χ1) is 8.29. The van der Waals surface area contributed by atoms with Crippen LogP contribution >= 0.6 is 11.3 Å². The van der Waals surface area contributed by atoms with E-state index in [4.69, 9.17) is 9.47 Å². The summed E-state index contributed by atoms with van der Waals surface area (Å²) in [5, 5.41) is 7.88. The van der Waals surface area contributed by atoms with E-state index in [-0.39, 0.29) is 5.97 Å². The molecule has 5 nitrogen and oxygen atoms in total. The molecule has 0 fully saturated rings. The van der Waals surface area contributed by atoms with Gasteiger partial charge in [-0.3, -0.25) is 0 Å². The monoisotopic (exact) mass is 250 g/mol. The SMILES string of the molecule is CCOC(=O)c1ccc(Oc2nncs2)cc1. The van der Waals surface area contributed by atoms with Gasteiger partial charge in [-0.25, -0.2) is 4.79 Å². The van der Waals surface area contributed by atoms with E-state index in [9.17, 15) is 4.79 Å². The maximum Gasteiger partial charge on any atom is 0.338 e. The van der Waals surface area contributed by atoms with Crippen LogP contribution in [0.25, 0.3) is 0 Å².